The second kappa shape index (κ2) is 9.35. The molecule has 1 saturated carbocycles. The first-order valence-electron chi connectivity index (χ1n) is 9.07. The first kappa shape index (κ1) is 19.9. The van der Waals surface area contributed by atoms with Crippen LogP contribution < -0.4 is 10.6 Å². The maximum Gasteiger partial charge on any atom is 0.191 e. The molecule has 3 rings (SSSR count). The van der Waals surface area contributed by atoms with Gasteiger partial charge in [0.05, 0.1) is 0 Å². The summed E-state index contributed by atoms with van der Waals surface area (Å²) in [6, 6.07) is 5.90. The molecule has 0 unspecified atom stereocenters. The molecule has 1 aliphatic carbocycles. The highest BCUT2D eigenvalue weighted by molar-refractivity contribution is 14.0. The number of aliphatic imine (C=N–C) groups is 1. The molecule has 0 amide bonds. The Hall–Kier alpha value is -1.38. The van der Waals surface area contributed by atoms with Crippen LogP contribution in [0.25, 0.3) is 5.65 Å². The van der Waals surface area contributed by atoms with E-state index in [1.54, 1.807) is 0 Å². The molecular weight excluding hydrogens is 427 g/mol. The average Bonchev–Trinajstić information content (AvgIpc) is 3.25. The van der Waals surface area contributed by atoms with E-state index in [1.807, 2.05) is 28.8 Å². The third-order valence-corrected chi connectivity index (χ3v) is 5.15. The predicted molar refractivity (Wildman–Crippen MR) is 112 cm³/mol. The van der Waals surface area contributed by atoms with Crippen LogP contribution in [0.4, 0.5) is 0 Å². The van der Waals surface area contributed by atoms with Gasteiger partial charge in [0.2, 0.25) is 0 Å². The van der Waals surface area contributed by atoms with Crippen molar-refractivity contribution in [1.29, 1.82) is 0 Å². The summed E-state index contributed by atoms with van der Waals surface area (Å²) in [6.07, 6.45) is 8.57. The van der Waals surface area contributed by atoms with E-state index in [9.17, 15) is 0 Å². The molecule has 2 aromatic heterocycles. The van der Waals surface area contributed by atoms with Gasteiger partial charge in [0.15, 0.2) is 17.4 Å². The summed E-state index contributed by atoms with van der Waals surface area (Å²) in [7, 11) is 0. The average molecular weight is 456 g/mol. The largest absolute Gasteiger partial charge is 0.357 e. The van der Waals surface area contributed by atoms with Gasteiger partial charge in [0.25, 0.3) is 0 Å². The first-order valence-corrected chi connectivity index (χ1v) is 9.07. The van der Waals surface area contributed by atoms with Crippen molar-refractivity contribution < 1.29 is 0 Å². The number of fused-ring (bicyclic) bond motifs is 1. The molecule has 0 atom stereocenters. The van der Waals surface area contributed by atoms with Gasteiger partial charge in [0, 0.05) is 19.3 Å². The molecule has 0 aliphatic heterocycles. The van der Waals surface area contributed by atoms with Crippen molar-refractivity contribution in [1.82, 2.24) is 25.2 Å². The molecule has 0 radical (unpaired) electrons. The zero-order valence-electron chi connectivity index (χ0n) is 15.2. The highest BCUT2D eigenvalue weighted by Crippen LogP contribution is 2.40. The lowest BCUT2D eigenvalue weighted by Crippen LogP contribution is -2.42. The Kier molecular flexibility index (Phi) is 7.46. The fourth-order valence-corrected chi connectivity index (χ4v) is 3.54. The topological polar surface area (TPSA) is 66.6 Å². The van der Waals surface area contributed by atoms with Gasteiger partial charge < -0.3 is 10.6 Å². The van der Waals surface area contributed by atoms with Gasteiger partial charge in [-0.3, -0.25) is 4.40 Å². The summed E-state index contributed by atoms with van der Waals surface area (Å²) in [6.45, 7) is 6.76. The van der Waals surface area contributed by atoms with E-state index in [2.05, 4.69) is 34.7 Å². The van der Waals surface area contributed by atoms with Crippen molar-refractivity contribution in [3.63, 3.8) is 0 Å². The van der Waals surface area contributed by atoms with Crippen LogP contribution in [0, 0.1) is 5.41 Å². The van der Waals surface area contributed by atoms with E-state index in [4.69, 9.17) is 4.99 Å². The minimum absolute atomic E-state index is 0. The summed E-state index contributed by atoms with van der Waals surface area (Å²) in [4.78, 5) is 4.70. The van der Waals surface area contributed by atoms with Crippen LogP contribution in [0.1, 0.15) is 51.8 Å². The molecule has 2 heterocycles. The van der Waals surface area contributed by atoms with Crippen molar-refractivity contribution in [2.24, 2.45) is 10.4 Å². The fourth-order valence-electron chi connectivity index (χ4n) is 3.54. The minimum Gasteiger partial charge on any atom is -0.357 e. The third kappa shape index (κ3) is 4.83. The monoisotopic (exact) mass is 456 g/mol. The maximum absolute atomic E-state index is 4.70. The van der Waals surface area contributed by atoms with Crippen LogP contribution in [0.2, 0.25) is 0 Å². The molecular formula is C18H29IN6. The Bertz CT molecular complexity index is 690. The summed E-state index contributed by atoms with van der Waals surface area (Å²) >= 11 is 0. The van der Waals surface area contributed by atoms with Gasteiger partial charge >= 0.3 is 0 Å². The molecule has 0 spiro atoms. The zero-order valence-corrected chi connectivity index (χ0v) is 17.5. The lowest BCUT2D eigenvalue weighted by molar-refractivity contribution is 0.283. The van der Waals surface area contributed by atoms with Crippen LogP contribution in [-0.4, -0.2) is 33.6 Å². The molecule has 0 bridgehead atoms. The number of hydrogen-bond donors (Lipinski definition) is 2. The molecule has 2 N–H and O–H groups in total. The standard InChI is InChI=1S/C18H28N6.HI/c1-3-18(10-6-7-11-18)14-21-17(19-4-2)20-13-16-23-22-15-9-5-8-12-24(15)16;/h5,8-9,12H,3-4,6-7,10-11,13-14H2,1-2H3,(H2,19,20,21);1H. The lowest BCUT2D eigenvalue weighted by atomic mass is 9.83. The number of nitrogens with zero attached hydrogens (tertiary/aromatic N) is 4. The number of pyridine rings is 1. The van der Waals surface area contributed by atoms with Crippen molar-refractivity contribution in [3.8, 4) is 0 Å². The van der Waals surface area contributed by atoms with Crippen LogP contribution in [-0.2, 0) is 6.54 Å². The summed E-state index contributed by atoms with van der Waals surface area (Å²) in [5, 5.41) is 15.3. The maximum atomic E-state index is 4.70. The second-order valence-corrected chi connectivity index (χ2v) is 6.65. The van der Waals surface area contributed by atoms with Gasteiger partial charge in [0.1, 0.15) is 6.54 Å². The van der Waals surface area contributed by atoms with Gasteiger partial charge in [-0.2, -0.15) is 0 Å². The van der Waals surface area contributed by atoms with Gasteiger partial charge in [-0.05, 0) is 43.7 Å². The molecule has 6 nitrogen and oxygen atoms in total. The lowest BCUT2D eigenvalue weighted by Gasteiger charge is -2.28. The molecule has 0 saturated heterocycles. The summed E-state index contributed by atoms with van der Waals surface area (Å²) in [5.41, 5.74) is 1.30. The van der Waals surface area contributed by atoms with Gasteiger partial charge in [-0.1, -0.05) is 25.8 Å². The van der Waals surface area contributed by atoms with E-state index < -0.39 is 0 Å². The molecule has 0 aromatic carbocycles. The van der Waals surface area contributed by atoms with Crippen LogP contribution in [0.15, 0.2) is 29.4 Å². The SMILES string of the molecule is CCNC(=NCc1nnc2ccccn12)NCC1(CC)CCCC1.I. The molecule has 7 heteroatoms. The normalized spacial score (nSPS) is 16.6. The van der Waals surface area contributed by atoms with Crippen molar-refractivity contribution in [2.45, 2.75) is 52.5 Å². The van der Waals surface area contributed by atoms with E-state index in [0.717, 1.165) is 30.5 Å². The summed E-state index contributed by atoms with van der Waals surface area (Å²) in [5.74, 6) is 1.72. The fraction of sp³-hybridized carbons (Fsp3) is 0.611. The van der Waals surface area contributed by atoms with Crippen LogP contribution in [0.3, 0.4) is 0 Å². The van der Waals surface area contributed by atoms with Gasteiger partial charge in [-0.15, -0.1) is 34.2 Å². The molecule has 25 heavy (non-hydrogen) atoms. The number of aromatic nitrogens is 3. The Morgan fingerprint density at radius 2 is 2.00 bits per heavy atom. The zero-order chi connectivity index (χ0) is 16.8. The van der Waals surface area contributed by atoms with E-state index in [0.29, 0.717) is 12.0 Å². The molecule has 2 aromatic rings. The molecule has 1 aliphatic rings. The second-order valence-electron chi connectivity index (χ2n) is 6.65. The van der Waals surface area contributed by atoms with Crippen molar-refractivity contribution >= 4 is 35.6 Å². The quantitative estimate of drug-likeness (QED) is 0.398. The number of rotatable bonds is 6. The van der Waals surface area contributed by atoms with Crippen LogP contribution in [0.5, 0.6) is 0 Å². The highest BCUT2D eigenvalue weighted by Gasteiger charge is 2.31. The molecule has 138 valence electrons. The third-order valence-electron chi connectivity index (χ3n) is 5.15. The number of guanidine groups is 1. The van der Waals surface area contributed by atoms with E-state index >= 15 is 0 Å². The van der Waals surface area contributed by atoms with Crippen LogP contribution >= 0.6 is 24.0 Å². The van der Waals surface area contributed by atoms with Crippen molar-refractivity contribution in [3.05, 3.63) is 30.2 Å². The Balaban J connectivity index is 0.00000225. The van der Waals surface area contributed by atoms with Gasteiger partial charge in [-0.25, -0.2) is 4.99 Å². The predicted octanol–water partition coefficient (Wildman–Crippen LogP) is 3.37. The smallest absolute Gasteiger partial charge is 0.191 e. The number of nitrogens with one attached hydrogen (secondary N) is 2. The number of hydrogen-bond acceptors (Lipinski definition) is 3. The van der Waals surface area contributed by atoms with E-state index in [-0.39, 0.29) is 24.0 Å². The Morgan fingerprint density at radius 3 is 2.72 bits per heavy atom. The number of halogens is 1. The first-order chi connectivity index (χ1) is 11.8. The minimum atomic E-state index is 0. The Labute approximate surface area is 166 Å². The Morgan fingerprint density at radius 1 is 1.20 bits per heavy atom. The highest BCUT2D eigenvalue weighted by atomic mass is 127. The van der Waals surface area contributed by atoms with E-state index in [1.165, 1.54) is 32.1 Å². The molecule has 1 fully saturated rings. The van der Waals surface area contributed by atoms with Crippen molar-refractivity contribution in [2.75, 3.05) is 13.1 Å². The summed E-state index contributed by atoms with van der Waals surface area (Å²) < 4.78 is 1.98.